The summed E-state index contributed by atoms with van der Waals surface area (Å²) in [5.41, 5.74) is 2.68. The smallest absolute Gasteiger partial charge is 0.139 e. The van der Waals surface area contributed by atoms with Gasteiger partial charge in [0.1, 0.15) is 17.5 Å². The van der Waals surface area contributed by atoms with E-state index < -0.39 is 0 Å². The summed E-state index contributed by atoms with van der Waals surface area (Å²) in [5.74, 6) is 2.78. The van der Waals surface area contributed by atoms with E-state index in [0.717, 1.165) is 23.9 Å². The van der Waals surface area contributed by atoms with Gasteiger partial charge in [-0.2, -0.15) is 0 Å². The lowest BCUT2D eigenvalue weighted by Crippen LogP contribution is -2.25. The minimum atomic E-state index is 0.436. The molecule has 108 valence electrons. The minimum Gasteiger partial charge on any atom is -0.367 e. The molecule has 1 fully saturated rings. The molecule has 0 amide bonds. The number of rotatable bonds is 3. The Kier molecular flexibility index (Phi) is 2.84. The maximum atomic E-state index is 4.67. The molecular formula is C17H20N4. The van der Waals surface area contributed by atoms with Gasteiger partial charge in [0.15, 0.2) is 0 Å². The second-order valence-corrected chi connectivity index (χ2v) is 6.13. The van der Waals surface area contributed by atoms with E-state index in [1.54, 1.807) is 0 Å². The molecule has 1 aliphatic carbocycles. The second-order valence-electron chi connectivity index (χ2n) is 6.13. The van der Waals surface area contributed by atoms with Crippen molar-refractivity contribution in [3.63, 3.8) is 0 Å². The number of benzene rings is 1. The van der Waals surface area contributed by atoms with Gasteiger partial charge in [0, 0.05) is 23.8 Å². The number of para-hydroxylation sites is 1. The molecule has 0 spiro atoms. The van der Waals surface area contributed by atoms with E-state index in [1.165, 1.54) is 24.1 Å². The first-order valence-electron chi connectivity index (χ1n) is 7.70. The Morgan fingerprint density at radius 2 is 2.00 bits per heavy atom. The fraction of sp³-hybridized carbons (Fsp3) is 0.412. The Morgan fingerprint density at radius 1 is 1.19 bits per heavy atom. The maximum absolute atomic E-state index is 4.67. The van der Waals surface area contributed by atoms with Crippen molar-refractivity contribution in [2.24, 2.45) is 0 Å². The molecule has 21 heavy (non-hydrogen) atoms. The molecule has 1 unspecified atom stereocenters. The van der Waals surface area contributed by atoms with Crippen molar-refractivity contribution in [2.75, 3.05) is 10.2 Å². The molecule has 1 aromatic carbocycles. The highest BCUT2D eigenvalue weighted by molar-refractivity contribution is 5.70. The van der Waals surface area contributed by atoms with Gasteiger partial charge in [0.05, 0.1) is 0 Å². The van der Waals surface area contributed by atoms with Crippen LogP contribution in [0.25, 0.3) is 0 Å². The van der Waals surface area contributed by atoms with Gasteiger partial charge < -0.3 is 10.2 Å². The molecule has 0 saturated heterocycles. The van der Waals surface area contributed by atoms with Gasteiger partial charge in [-0.3, -0.25) is 0 Å². The number of nitrogens with zero attached hydrogens (tertiary/aromatic N) is 3. The third-order valence-corrected chi connectivity index (χ3v) is 4.21. The van der Waals surface area contributed by atoms with Crippen LogP contribution < -0.4 is 10.2 Å². The van der Waals surface area contributed by atoms with Gasteiger partial charge in [-0.1, -0.05) is 18.2 Å². The Morgan fingerprint density at radius 3 is 2.81 bits per heavy atom. The normalized spacial score (nSPS) is 20.5. The van der Waals surface area contributed by atoms with Crippen LogP contribution in [0.5, 0.6) is 0 Å². The van der Waals surface area contributed by atoms with Gasteiger partial charge in [-0.05, 0) is 44.7 Å². The van der Waals surface area contributed by atoms with E-state index in [1.807, 2.05) is 6.92 Å². The predicted octanol–water partition coefficient (Wildman–Crippen LogP) is 3.44. The van der Waals surface area contributed by atoms with Crippen molar-refractivity contribution >= 4 is 17.3 Å². The Balaban J connectivity index is 1.73. The molecule has 1 saturated carbocycles. The molecule has 0 radical (unpaired) electrons. The molecule has 2 heterocycles. The first-order valence-corrected chi connectivity index (χ1v) is 7.70. The van der Waals surface area contributed by atoms with Gasteiger partial charge in [0.2, 0.25) is 0 Å². The van der Waals surface area contributed by atoms with E-state index >= 15 is 0 Å². The summed E-state index contributed by atoms with van der Waals surface area (Å²) in [6.45, 7) is 4.22. The summed E-state index contributed by atoms with van der Waals surface area (Å²) in [5, 5.41) is 3.48. The quantitative estimate of drug-likeness (QED) is 0.935. The highest BCUT2D eigenvalue weighted by Gasteiger charge is 2.28. The summed E-state index contributed by atoms with van der Waals surface area (Å²) in [6.07, 6.45) is 3.58. The lowest BCUT2D eigenvalue weighted by Gasteiger charge is -2.24. The zero-order valence-corrected chi connectivity index (χ0v) is 12.5. The number of anilines is 3. The summed E-state index contributed by atoms with van der Waals surface area (Å²) in [7, 11) is 0. The Bertz CT molecular complexity index is 678. The predicted molar refractivity (Wildman–Crippen MR) is 85.2 cm³/mol. The third-order valence-electron chi connectivity index (χ3n) is 4.21. The van der Waals surface area contributed by atoms with Crippen LogP contribution in [0.2, 0.25) is 0 Å². The molecule has 0 bridgehead atoms. The molecular weight excluding hydrogens is 260 g/mol. The van der Waals surface area contributed by atoms with Crippen molar-refractivity contribution in [2.45, 2.75) is 45.2 Å². The molecule has 1 atom stereocenters. The Labute approximate surface area is 125 Å². The standard InChI is InChI=1S/C17H20N4/c1-11-9-13-5-3-4-6-15(13)21(11)17-10-16(18-12(2)19-17)20-14-7-8-14/h3-6,10-11,14H,7-9H2,1-2H3,(H,18,19,20). The van der Waals surface area contributed by atoms with Gasteiger partial charge >= 0.3 is 0 Å². The van der Waals surface area contributed by atoms with Crippen molar-refractivity contribution in [3.8, 4) is 0 Å². The summed E-state index contributed by atoms with van der Waals surface area (Å²) in [6, 6.07) is 11.7. The summed E-state index contributed by atoms with van der Waals surface area (Å²) in [4.78, 5) is 11.5. The first-order chi connectivity index (χ1) is 10.2. The van der Waals surface area contributed by atoms with Crippen molar-refractivity contribution < 1.29 is 0 Å². The molecule has 1 N–H and O–H groups in total. The van der Waals surface area contributed by atoms with Crippen LogP contribution in [0.15, 0.2) is 30.3 Å². The highest BCUT2D eigenvalue weighted by Crippen LogP contribution is 2.38. The summed E-state index contributed by atoms with van der Waals surface area (Å²) < 4.78 is 0. The lowest BCUT2D eigenvalue weighted by atomic mass is 10.1. The van der Waals surface area contributed by atoms with E-state index in [9.17, 15) is 0 Å². The topological polar surface area (TPSA) is 41.1 Å². The molecule has 4 rings (SSSR count). The van der Waals surface area contributed by atoms with E-state index in [-0.39, 0.29) is 0 Å². The Hall–Kier alpha value is -2.10. The summed E-state index contributed by atoms with van der Waals surface area (Å²) >= 11 is 0. The molecule has 4 nitrogen and oxygen atoms in total. The second kappa shape index (κ2) is 4.72. The van der Waals surface area contributed by atoms with Gasteiger partial charge in [-0.15, -0.1) is 0 Å². The molecule has 2 aromatic rings. The highest BCUT2D eigenvalue weighted by atomic mass is 15.2. The van der Waals surface area contributed by atoms with E-state index in [2.05, 4.69) is 57.4 Å². The van der Waals surface area contributed by atoms with Gasteiger partial charge in [0.25, 0.3) is 0 Å². The monoisotopic (exact) mass is 280 g/mol. The zero-order chi connectivity index (χ0) is 14.4. The molecule has 1 aliphatic heterocycles. The molecule has 4 heteroatoms. The van der Waals surface area contributed by atoms with Crippen LogP contribution in [0.3, 0.4) is 0 Å². The van der Waals surface area contributed by atoms with Crippen LogP contribution in [0.1, 0.15) is 31.2 Å². The van der Waals surface area contributed by atoms with Crippen LogP contribution in [-0.4, -0.2) is 22.1 Å². The van der Waals surface area contributed by atoms with Crippen molar-refractivity contribution in [1.29, 1.82) is 0 Å². The van der Waals surface area contributed by atoms with Crippen molar-refractivity contribution in [1.82, 2.24) is 9.97 Å². The maximum Gasteiger partial charge on any atom is 0.139 e. The average molecular weight is 280 g/mol. The fourth-order valence-electron chi connectivity index (χ4n) is 3.10. The van der Waals surface area contributed by atoms with Crippen LogP contribution in [0.4, 0.5) is 17.3 Å². The first kappa shape index (κ1) is 12.6. The van der Waals surface area contributed by atoms with E-state index in [4.69, 9.17) is 0 Å². The van der Waals surface area contributed by atoms with Crippen LogP contribution in [0, 0.1) is 6.92 Å². The number of aryl methyl sites for hydroxylation is 1. The van der Waals surface area contributed by atoms with Crippen LogP contribution in [-0.2, 0) is 6.42 Å². The number of aromatic nitrogens is 2. The largest absolute Gasteiger partial charge is 0.367 e. The van der Waals surface area contributed by atoms with Crippen molar-refractivity contribution in [3.05, 3.63) is 41.7 Å². The van der Waals surface area contributed by atoms with Gasteiger partial charge in [-0.25, -0.2) is 9.97 Å². The lowest BCUT2D eigenvalue weighted by molar-refractivity contribution is 0.747. The molecule has 2 aliphatic rings. The number of hydrogen-bond donors (Lipinski definition) is 1. The van der Waals surface area contributed by atoms with Crippen LogP contribution >= 0.6 is 0 Å². The van der Waals surface area contributed by atoms with E-state index in [0.29, 0.717) is 12.1 Å². The number of fused-ring (bicyclic) bond motifs is 1. The average Bonchev–Trinajstić information content (AvgIpc) is 3.18. The SMILES string of the molecule is Cc1nc(NC2CC2)cc(N2c3ccccc3CC2C)n1. The fourth-order valence-corrected chi connectivity index (χ4v) is 3.10. The number of nitrogens with one attached hydrogen (secondary N) is 1. The number of hydrogen-bond acceptors (Lipinski definition) is 4. The minimum absolute atomic E-state index is 0.436. The third kappa shape index (κ3) is 2.35. The zero-order valence-electron chi connectivity index (χ0n) is 12.5. The molecule has 1 aromatic heterocycles.